The lowest BCUT2D eigenvalue weighted by molar-refractivity contribution is -0.184. The van der Waals surface area contributed by atoms with Crippen molar-refractivity contribution in [3.8, 4) is 0 Å². The summed E-state index contributed by atoms with van der Waals surface area (Å²) in [4.78, 5) is 22.7. The average Bonchev–Trinajstić information content (AvgIpc) is 3.21. The minimum Gasteiger partial charge on any atom is -0.460 e. The highest BCUT2D eigenvalue weighted by Gasteiger charge is 2.69. The highest BCUT2D eigenvalue weighted by molar-refractivity contribution is 5.94. The van der Waals surface area contributed by atoms with Crippen molar-refractivity contribution in [2.24, 2.45) is 51.2 Å². The van der Waals surface area contributed by atoms with Gasteiger partial charge in [0.15, 0.2) is 0 Å². The molecular formula is C51H69N3O3. The fourth-order valence-electron chi connectivity index (χ4n) is 14.6. The van der Waals surface area contributed by atoms with Crippen LogP contribution in [0.15, 0.2) is 66.2 Å². The molecule has 2 aromatic carbocycles. The zero-order chi connectivity index (χ0) is 39.8. The van der Waals surface area contributed by atoms with Gasteiger partial charge in [-0.1, -0.05) is 109 Å². The van der Waals surface area contributed by atoms with Crippen LogP contribution in [0.3, 0.4) is 0 Å². The molecule has 0 spiro atoms. The summed E-state index contributed by atoms with van der Waals surface area (Å²) in [7, 11) is 0. The molecule has 3 aromatic rings. The number of allylic oxidation sites excluding steroid dienone is 2. The zero-order valence-electron chi connectivity index (χ0n) is 36.1. The molecule has 1 aromatic heterocycles. The van der Waals surface area contributed by atoms with Gasteiger partial charge in [-0.2, -0.15) is 0 Å². The molecule has 0 bridgehead atoms. The number of esters is 1. The van der Waals surface area contributed by atoms with E-state index in [0.717, 1.165) is 95.4 Å². The maximum atomic E-state index is 14.6. The average molecular weight is 772 g/mol. The third kappa shape index (κ3) is 6.07. The van der Waals surface area contributed by atoms with E-state index >= 15 is 0 Å². The summed E-state index contributed by atoms with van der Waals surface area (Å²) in [6.07, 6.45) is 12.5. The number of fused-ring (bicyclic) bond motifs is 9. The van der Waals surface area contributed by atoms with Gasteiger partial charge in [0, 0.05) is 36.1 Å². The second-order valence-corrected chi connectivity index (χ2v) is 20.8. The normalized spacial score (nSPS) is 37.1. The second-order valence-electron chi connectivity index (χ2n) is 20.8. The fourth-order valence-corrected chi connectivity index (χ4v) is 14.6. The minimum atomic E-state index is -0.433. The summed E-state index contributed by atoms with van der Waals surface area (Å²) in [5.74, 6) is 2.40. The minimum absolute atomic E-state index is 0.0374. The lowest BCUT2D eigenvalue weighted by atomic mass is 9.33. The number of nitrogens with one attached hydrogen (secondary N) is 1. The number of anilines is 1. The molecule has 6 heteroatoms. The van der Waals surface area contributed by atoms with E-state index in [1.54, 1.807) is 5.57 Å². The van der Waals surface area contributed by atoms with Crippen LogP contribution in [0, 0.1) is 51.2 Å². The maximum absolute atomic E-state index is 14.6. The van der Waals surface area contributed by atoms with Crippen LogP contribution in [0.5, 0.6) is 0 Å². The van der Waals surface area contributed by atoms with Crippen molar-refractivity contribution < 1.29 is 14.3 Å². The zero-order valence-corrected chi connectivity index (χ0v) is 36.1. The fraction of sp³-hybridized carbons (Fsp3) is 0.647. The van der Waals surface area contributed by atoms with Crippen molar-refractivity contribution in [1.82, 2.24) is 9.88 Å². The molecule has 0 unspecified atom stereocenters. The number of hydrogen-bond donors (Lipinski definition) is 1. The first-order valence-electron chi connectivity index (χ1n) is 22.7. The van der Waals surface area contributed by atoms with Crippen molar-refractivity contribution in [3.05, 3.63) is 83.1 Å². The number of carbonyl (C=O) groups excluding carboxylic acids is 1. The molecule has 5 aliphatic carbocycles. The number of nitrogens with zero attached hydrogens (tertiary/aromatic N) is 2. The van der Waals surface area contributed by atoms with Crippen LogP contribution >= 0.6 is 0 Å². The van der Waals surface area contributed by atoms with Gasteiger partial charge in [-0.05, 0) is 127 Å². The van der Waals surface area contributed by atoms with E-state index in [2.05, 4.69) is 101 Å². The summed E-state index contributed by atoms with van der Waals surface area (Å²) < 4.78 is 11.9. The number of morpholine rings is 1. The summed E-state index contributed by atoms with van der Waals surface area (Å²) >= 11 is 0. The number of benzene rings is 2. The van der Waals surface area contributed by atoms with Crippen LogP contribution in [-0.4, -0.2) is 55.2 Å². The topological polar surface area (TPSA) is 63.7 Å². The molecule has 4 fully saturated rings. The lowest BCUT2D eigenvalue weighted by Crippen LogP contribution is -2.65. The van der Waals surface area contributed by atoms with Gasteiger partial charge in [0.2, 0.25) is 0 Å². The quantitative estimate of drug-likeness (QED) is 0.140. The molecule has 0 radical (unpaired) electrons. The van der Waals surface area contributed by atoms with Crippen molar-refractivity contribution in [1.29, 1.82) is 0 Å². The molecule has 1 N–H and O–H groups in total. The monoisotopic (exact) mass is 772 g/mol. The van der Waals surface area contributed by atoms with Gasteiger partial charge in [0.05, 0.1) is 29.8 Å². The smallest absolute Gasteiger partial charge is 0.313 e. The van der Waals surface area contributed by atoms with E-state index < -0.39 is 5.41 Å². The molecule has 6 nitrogen and oxygen atoms in total. The Morgan fingerprint density at radius 3 is 2.46 bits per heavy atom. The van der Waals surface area contributed by atoms with Crippen LogP contribution < -0.4 is 5.32 Å². The Hall–Kier alpha value is -3.22. The summed E-state index contributed by atoms with van der Waals surface area (Å²) in [5, 5.41) is 5.33. The first-order chi connectivity index (χ1) is 27.3. The highest BCUT2D eigenvalue weighted by Crippen LogP contribution is 2.75. The second kappa shape index (κ2) is 14.5. The van der Waals surface area contributed by atoms with Gasteiger partial charge < -0.3 is 14.8 Å². The number of pyridine rings is 1. The van der Waals surface area contributed by atoms with Crippen LogP contribution in [0.25, 0.3) is 10.9 Å². The third-order valence-electron chi connectivity index (χ3n) is 18.0. The lowest BCUT2D eigenvalue weighted by Gasteiger charge is -2.71. The Balaban J connectivity index is 1.06. The molecule has 6 aliphatic rings. The van der Waals surface area contributed by atoms with Gasteiger partial charge in [-0.15, -0.1) is 0 Å². The molecule has 1 aliphatic heterocycles. The van der Waals surface area contributed by atoms with Crippen LogP contribution in [0.2, 0.25) is 0 Å². The number of carbonyl (C=O) groups is 1. The first-order valence-corrected chi connectivity index (χ1v) is 22.7. The highest BCUT2D eigenvalue weighted by atomic mass is 16.5. The predicted molar refractivity (Wildman–Crippen MR) is 231 cm³/mol. The summed E-state index contributed by atoms with van der Waals surface area (Å²) in [6.45, 7) is 24.1. The molecule has 2 heterocycles. The van der Waals surface area contributed by atoms with Gasteiger partial charge >= 0.3 is 5.97 Å². The third-order valence-corrected chi connectivity index (χ3v) is 18.0. The molecule has 9 atom stereocenters. The number of ether oxygens (including phenoxy) is 2. The SMILES string of the molecule is C[C@H]1[C@H](C)CC[C@]2(C(=O)OCc3ccccc3)CC[C@]3(C)C(=CC[C@@H]4[C@@]5(C)Cc6c(nc7ccccc7c6NCCCN6CCOCC6)C(C)(C)[C@@H]5CC[C@]43C)[C@H]12. The van der Waals surface area contributed by atoms with E-state index in [-0.39, 0.29) is 33.5 Å². The standard InChI is InChI=1S/C51H69N3O3/c1-34-20-23-51(46(55)57-33-36-14-9-8-10-15-36)25-24-49(6)39(43(51)35(34)2)18-19-42-48(5)32-38-44(52-26-13-27-54-28-30-56-31-29-54)37-16-11-12-17-40(37)53-45(38)47(3,4)41(48)21-22-50(42,49)7/h8-12,14-18,34-35,41-43H,13,19-33H2,1-7H3,(H,52,53)/t34-,35+,41+,42-,43+,48+,49-,50-,51+/m1/s1. The molecule has 3 saturated carbocycles. The predicted octanol–water partition coefficient (Wildman–Crippen LogP) is 10.8. The van der Waals surface area contributed by atoms with E-state index in [1.165, 1.54) is 35.2 Å². The Morgan fingerprint density at radius 2 is 1.67 bits per heavy atom. The van der Waals surface area contributed by atoms with Crippen molar-refractivity contribution in [3.63, 3.8) is 0 Å². The van der Waals surface area contributed by atoms with E-state index in [1.807, 2.05) is 18.2 Å². The Bertz CT molecular complexity index is 2020. The molecule has 57 heavy (non-hydrogen) atoms. The molecule has 0 amide bonds. The molecular weight excluding hydrogens is 703 g/mol. The van der Waals surface area contributed by atoms with Gasteiger partial charge in [0.25, 0.3) is 0 Å². The van der Waals surface area contributed by atoms with Crippen molar-refractivity contribution in [2.75, 3.05) is 44.7 Å². The van der Waals surface area contributed by atoms with Crippen molar-refractivity contribution in [2.45, 2.75) is 118 Å². The maximum Gasteiger partial charge on any atom is 0.313 e. The molecule has 1 saturated heterocycles. The number of aromatic nitrogens is 1. The Morgan fingerprint density at radius 1 is 0.912 bits per heavy atom. The van der Waals surface area contributed by atoms with Gasteiger partial charge in [-0.25, -0.2) is 0 Å². The summed E-state index contributed by atoms with van der Waals surface area (Å²) in [6, 6.07) is 19.1. The summed E-state index contributed by atoms with van der Waals surface area (Å²) in [5.41, 5.74) is 7.70. The van der Waals surface area contributed by atoms with Crippen LogP contribution in [-0.2, 0) is 32.7 Å². The number of para-hydroxylation sites is 1. The number of hydrogen-bond acceptors (Lipinski definition) is 6. The van der Waals surface area contributed by atoms with Crippen LogP contribution in [0.4, 0.5) is 5.69 Å². The van der Waals surface area contributed by atoms with E-state index in [9.17, 15) is 4.79 Å². The van der Waals surface area contributed by atoms with Gasteiger partial charge in [-0.3, -0.25) is 14.7 Å². The van der Waals surface area contributed by atoms with Crippen molar-refractivity contribution >= 4 is 22.6 Å². The van der Waals surface area contributed by atoms with Gasteiger partial charge in [0.1, 0.15) is 6.61 Å². The first kappa shape index (κ1) is 39.3. The largest absolute Gasteiger partial charge is 0.460 e. The Kier molecular flexibility index (Phi) is 9.99. The van der Waals surface area contributed by atoms with E-state index in [0.29, 0.717) is 30.3 Å². The molecule has 306 valence electrons. The van der Waals surface area contributed by atoms with Crippen LogP contribution in [0.1, 0.15) is 117 Å². The Labute approximate surface area is 343 Å². The number of rotatable bonds is 8. The molecule has 9 rings (SSSR count). The van der Waals surface area contributed by atoms with E-state index in [4.69, 9.17) is 14.5 Å².